The minimum atomic E-state index is -4.59. The van der Waals surface area contributed by atoms with Gasteiger partial charge in [-0.25, -0.2) is 4.98 Å². The molecule has 1 aromatic heterocycles. The molecule has 0 spiro atoms. The molecule has 4 nitrogen and oxygen atoms in total. The summed E-state index contributed by atoms with van der Waals surface area (Å²) in [5, 5.41) is 0.464. The Balaban J connectivity index is 3.09. The maximum Gasteiger partial charge on any atom is 0.343 e. The Bertz CT molecular complexity index is 371. The second kappa shape index (κ2) is 2.98. The number of halogens is 1. The van der Waals surface area contributed by atoms with Crippen LogP contribution in [0.5, 0.6) is 0 Å². The summed E-state index contributed by atoms with van der Waals surface area (Å²) in [7, 11) is -1.18. The third kappa shape index (κ3) is 1.92. The van der Waals surface area contributed by atoms with Crippen LogP contribution in [0.2, 0.25) is 0 Å². The molecule has 0 atom stereocenters. The minimum absolute atomic E-state index is 0.355. The highest BCUT2D eigenvalue weighted by atomic mass is 32.3. The summed E-state index contributed by atoms with van der Waals surface area (Å²) in [4.78, 5) is 5.32. The number of aromatic nitrogens is 1. The van der Waals surface area contributed by atoms with Gasteiger partial charge in [-0.2, -0.15) is 8.42 Å². The molecular formula is C5H7FN2O2S2. The summed E-state index contributed by atoms with van der Waals surface area (Å²) in [6.45, 7) is 0. The predicted molar refractivity (Wildman–Crippen MR) is 44.7 cm³/mol. The van der Waals surface area contributed by atoms with Gasteiger partial charge < -0.3 is 4.90 Å². The Morgan fingerprint density at radius 1 is 1.58 bits per heavy atom. The van der Waals surface area contributed by atoms with Crippen molar-refractivity contribution < 1.29 is 12.3 Å². The number of anilines is 1. The Kier molecular flexibility index (Phi) is 2.34. The van der Waals surface area contributed by atoms with Crippen molar-refractivity contribution >= 4 is 26.7 Å². The van der Waals surface area contributed by atoms with Crippen molar-refractivity contribution in [1.29, 1.82) is 0 Å². The van der Waals surface area contributed by atoms with Crippen molar-refractivity contribution in [2.75, 3.05) is 19.0 Å². The van der Waals surface area contributed by atoms with Crippen LogP contribution in [-0.4, -0.2) is 27.5 Å². The van der Waals surface area contributed by atoms with Gasteiger partial charge in [0.1, 0.15) is 0 Å². The van der Waals surface area contributed by atoms with Crippen molar-refractivity contribution in [3.05, 3.63) is 6.20 Å². The molecule has 0 radical (unpaired) electrons. The lowest BCUT2D eigenvalue weighted by atomic mass is 10.9. The molecule has 0 bridgehead atoms. The van der Waals surface area contributed by atoms with E-state index in [9.17, 15) is 12.3 Å². The van der Waals surface area contributed by atoms with E-state index in [4.69, 9.17) is 0 Å². The number of nitrogens with zero attached hydrogens (tertiary/aromatic N) is 2. The highest BCUT2D eigenvalue weighted by Gasteiger charge is 2.16. The molecule has 68 valence electrons. The standard InChI is InChI=1S/C5H7FN2O2S2/c1-8(2)5-7-3-4(11-5)12(6,9)10/h3H,1-2H3. The van der Waals surface area contributed by atoms with Gasteiger partial charge in [0, 0.05) is 14.1 Å². The Morgan fingerprint density at radius 3 is 2.42 bits per heavy atom. The van der Waals surface area contributed by atoms with Gasteiger partial charge in [-0.05, 0) is 0 Å². The van der Waals surface area contributed by atoms with E-state index in [0.717, 1.165) is 17.5 Å². The van der Waals surface area contributed by atoms with Gasteiger partial charge >= 0.3 is 10.2 Å². The van der Waals surface area contributed by atoms with E-state index in [0.29, 0.717) is 5.13 Å². The van der Waals surface area contributed by atoms with Crippen molar-refractivity contribution in [3.63, 3.8) is 0 Å². The van der Waals surface area contributed by atoms with Crippen LogP contribution in [0.3, 0.4) is 0 Å². The van der Waals surface area contributed by atoms with Gasteiger partial charge in [0.25, 0.3) is 0 Å². The van der Waals surface area contributed by atoms with Gasteiger partial charge in [-0.3, -0.25) is 0 Å². The number of thiazole rings is 1. The summed E-state index contributed by atoms with van der Waals surface area (Å²) in [6, 6.07) is 0. The second-order valence-electron chi connectivity index (χ2n) is 2.29. The molecule has 1 rings (SSSR count). The first-order valence-corrected chi connectivity index (χ1v) is 5.19. The molecule has 0 aromatic carbocycles. The molecular weight excluding hydrogens is 203 g/mol. The van der Waals surface area contributed by atoms with Crippen LogP contribution in [0, 0.1) is 0 Å². The minimum Gasteiger partial charge on any atom is -0.354 e. The fourth-order valence-electron chi connectivity index (χ4n) is 0.570. The van der Waals surface area contributed by atoms with E-state index in [1.807, 2.05) is 0 Å². The van der Waals surface area contributed by atoms with Gasteiger partial charge in [0.2, 0.25) is 0 Å². The first-order valence-electron chi connectivity index (χ1n) is 2.99. The van der Waals surface area contributed by atoms with Crippen LogP contribution in [-0.2, 0) is 10.2 Å². The monoisotopic (exact) mass is 210 g/mol. The molecule has 0 unspecified atom stereocenters. The SMILES string of the molecule is CN(C)c1ncc(S(=O)(=O)F)s1. The lowest BCUT2D eigenvalue weighted by Crippen LogP contribution is -2.07. The average Bonchev–Trinajstić information content (AvgIpc) is 2.30. The third-order valence-electron chi connectivity index (χ3n) is 1.10. The predicted octanol–water partition coefficient (Wildman–Crippen LogP) is 0.867. The summed E-state index contributed by atoms with van der Waals surface area (Å²) in [5.41, 5.74) is 0. The van der Waals surface area contributed by atoms with Crippen LogP contribution < -0.4 is 4.90 Å². The first kappa shape index (κ1) is 9.40. The van der Waals surface area contributed by atoms with Crippen LogP contribution in [0.4, 0.5) is 9.02 Å². The van der Waals surface area contributed by atoms with E-state index in [2.05, 4.69) is 4.98 Å². The molecule has 1 heterocycles. The van der Waals surface area contributed by atoms with Crippen LogP contribution in [0.1, 0.15) is 0 Å². The second-order valence-corrected chi connectivity index (χ2v) is 4.88. The largest absolute Gasteiger partial charge is 0.354 e. The fraction of sp³-hybridized carbons (Fsp3) is 0.400. The van der Waals surface area contributed by atoms with Gasteiger partial charge in [-0.15, -0.1) is 0 Å². The van der Waals surface area contributed by atoms with Crippen LogP contribution >= 0.6 is 11.3 Å². The Labute approximate surface area is 73.9 Å². The van der Waals surface area contributed by atoms with Crippen LogP contribution in [0.15, 0.2) is 10.4 Å². The zero-order chi connectivity index (χ0) is 9.35. The topological polar surface area (TPSA) is 50.3 Å². The Hall–Kier alpha value is -0.690. The van der Waals surface area contributed by atoms with Crippen molar-refractivity contribution in [2.45, 2.75) is 4.21 Å². The molecule has 0 fully saturated rings. The third-order valence-corrected chi connectivity index (χ3v) is 3.49. The maximum atomic E-state index is 12.3. The highest BCUT2D eigenvalue weighted by molar-refractivity contribution is 7.88. The molecule has 0 saturated heterocycles. The molecule has 0 amide bonds. The van der Waals surface area contributed by atoms with E-state index in [1.165, 1.54) is 0 Å². The molecule has 0 aliphatic carbocycles. The number of rotatable bonds is 2. The van der Waals surface area contributed by atoms with E-state index in [-0.39, 0.29) is 4.21 Å². The molecule has 12 heavy (non-hydrogen) atoms. The van der Waals surface area contributed by atoms with Gasteiger partial charge in [0.15, 0.2) is 9.34 Å². The Morgan fingerprint density at radius 2 is 2.17 bits per heavy atom. The summed E-state index contributed by atoms with van der Waals surface area (Å²) in [5.74, 6) is 0. The maximum absolute atomic E-state index is 12.3. The fourth-order valence-corrected chi connectivity index (χ4v) is 1.94. The van der Waals surface area contributed by atoms with Crippen molar-refractivity contribution in [2.24, 2.45) is 0 Å². The summed E-state index contributed by atoms with van der Waals surface area (Å²) < 4.78 is 32.7. The van der Waals surface area contributed by atoms with Crippen molar-refractivity contribution in [3.8, 4) is 0 Å². The quantitative estimate of drug-likeness (QED) is 0.679. The number of hydrogen-bond acceptors (Lipinski definition) is 5. The normalized spacial score (nSPS) is 11.6. The zero-order valence-electron chi connectivity index (χ0n) is 6.48. The summed E-state index contributed by atoms with van der Waals surface area (Å²) in [6.07, 6.45) is 1.01. The lowest BCUT2D eigenvalue weighted by molar-refractivity contribution is 0.554. The van der Waals surface area contributed by atoms with E-state index < -0.39 is 10.2 Å². The molecule has 0 N–H and O–H groups in total. The van der Waals surface area contributed by atoms with E-state index in [1.54, 1.807) is 19.0 Å². The number of hydrogen-bond donors (Lipinski definition) is 0. The molecule has 0 saturated carbocycles. The van der Waals surface area contributed by atoms with Gasteiger partial charge in [-0.1, -0.05) is 15.2 Å². The zero-order valence-corrected chi connectivity index (χ0v) is 8.12. The summed E-state index contributed by atoms with van der Waals surface area (Å²) >= 11 is 0.800. The molecule has 0 aliphatic heterocycles. The molecule has 1 aromatic rings. The molecule has 0 aliphatic rings. The average molecular weight is 210 g/mol. The lowest BCUT2D eigenvalue weighted by Gasteiger charge is -2.04. The smallest absolute Gasteiger partial charge is 0.343 e. The highest BCUT2D eigenvalue weighted by Crippen LogP contribution is 2.25. The van der Waals surface area contributed by atoms with Gasteiger partial charge in [0.05, 0.1) is 6.20 Å². The molecule has 7 heteroatoms. The first-order chi connectivity index (χ1) is 5.41. The van der Waals surface area contributed by atoms with E-state index >= 15 is 0 Å². The van der Waals surface area contributed by atoms with Crippen LogP contribution in [0.25, 0.3) is 0 Å². The van der Waals surface area contributed by atoms with Crippen molar-refractivity contribution in [1.82, 2.24) is 4.98 Å².